The summed E-state index contributed by atoms with van der Waals surface area (Å²) in [7, 11) is 0. The standard InChI is InChI=1S/C16H11ClF2O2/c17-11-6-9-4-5-21-16(9)10(7-11)8-14(20)15-12(18)2-1-3-13(15)19/h1-3,6-7H,4-5,8H2. The van der Waals surface area contributed by atoms with Crippen molar-refractivity contribution in [1.82, 2.24) is 0 Å². The predicted octanol–water partition coefficient (Wildman–Crippen LogP) is 3.98. The van der Waals surface area contributed by atoms with E-state index in [1.54, 1.807) is 12.1 Å². The Morgan fingerprint density at radius 3 is 2.67 bits per heavy atom. The number of halogens is 3. The highest BCUT2D eigenvalue weighted by Gasteiger charge is 2.22. The fourth-order valence-electron chi connectivity index (χ4n) is 2.50. The topological polar surface area (TPSA) is 26.3 Å². The van der Waals surface area contributed by atoms with E-state index < -0.39 is 23.0 Å². The average Bonchev–Trinajstić information content (AvgIpc) is 2.86. The van der Waals surface area contributed by atoms with Crippen LogP contribution in [0, 0.1) is 11.6 Å². The van der Waals surface area contributed by atoms with Gasteiger partial charge in [-0.15, -0.1) is 0 Å². The number of hydrogen-bond donors (Lipinski definition) is 0. The number of carbonyl (C=O) groups excluding carboxylic acids is 1. The zero-order valence-corrected chi connectivity index (χ0v) is 11.7. The van der Waals surface area contributed by atoms with Crippen LogP contribution in [0.5, 0.6) is 5.75 Å². The van der Waals surface area contributed by atoms with Crippen molar-refractivity contribution in [1.29, 1.82) is 0 Å². The summed E-state index contributed by atoms with van der Waals surface area (Å²) >= 11 is 6.01. The molecule has 1 heterocycles. The Bertz CT molecular complexity index is 708. The Hall–Kier alpha value is -1.94. The van der Waals surface area contributed by atoms with Gasteiger partial charge >= 0.3 is 0 Å². The summed E-state index contributed by atoms with van der Waals surface area (Å²) in [6, 6.07) is 6.73. The molecule has 2 nitrogen and oxygen atoms in total. The molecule has 1 aliphatic rings. The first-order valence-corrected chi connectivity index (χ1v) is 6.85. The van der Waals surface area contributed by atoms with Crippen molar-refractivity contribution in [3.05, 3.63) is 63.7 Å². The molecule has 0 fully saturated rings. The van der Waals surface area contributed by atoms with Crippen LogP contribution in [0.4, 0.5) is 8.78 Å². The third kappa shape index (κ3) is 2.63. The first-order valence-electron chi connectivity index (χ1n) is 6.47. The first-order chi connectivity index (χ1) is 10.1. The lowest BCUT2D eigenvalue weighted by Crippen LogP contribution is -2.09. The molecule has 0 bridgehead atoms. The molecule has 2 aromatic carbocycles. The number of Topliss-reactive ketones (excluding diaryl/α,β-unsaturated/α-hetero) is 1. The number of rotatable bonds is 3. The molecule has 0 radical (unpaired) electrons. The van der Waals surface area contributed by atoms with Crippen LogP contribution >= 0.6 is 11.6 Å². The Morgan fingerprint density at radius 1 is 1.24 bits per heavy atom. The van der Waals surface area contributed by atoms with Crippen LogP contribution in [0.2, 0.25) is 5.02 Å². The van der Waals surface area contributed by atoms with Crippen molar-refractivity contribution in [3.8, 4) is 5.75 Å². The molecule has 0 saturated heterocycles. The van der Waals surface area contributed by atoms with Gasteiger partial charge in [0.05, 0.1) is 12.2 Å². The molecule has 1 aliphatic heterocycles. The quantitative estimate of drug-likeness (QED) is 0.802. The monoisotopic (exact) mass is 308 g/mol. The molecule has 0 saturated carbocycles. The molecular formula is C16H11ClF2O2. The third-order valence-corrected chi connectivity index (χ3v) is 3.64. The number of ketones is 1. The Kier molecular flexibility index (Phi) is 3.64. The van der Waals surface area contributed by atoms with E-state index in [1.807, 2.05) is 0 Å². The van der Waals surface area contributed by atoms with E-state index in [2.05, 4.69) is 0 Å². The first kappa shape index (κ1) is 14.0. The van der Waals surface area contributed by atoms with E-state index in [0.717, 1.165) is 17.7 Å². The van der Waals surface area contributed by atoms with Crippen LogP contribution in [-0.2, 0) is 12.8 Å². The molecule has 21 heavy (non-hydrogen) atoms. The van der Waals surface area contributed by atoms with Crippen molar-refractivity contribution in [3.63, 3.8) is 0 Å². The molecule has 2 aromatic rings. The number of hydrogen-bond acceptors (Lipinski definition) is 2. The van der Waals surface area contributed by atoms with Crippen molar-refractivity contribution < 1.29 is 18.3 Å². The SMILES string of the molecule is O=C(Cc1cc(Cl)cc2c1OCC2)c1c(F)cccc1F. The van der Waals surface area contributed by atoms with Crippen molar-refractivity contribution in [2.45, 2.75) is 12.8 Å². The molecule has 108 valence electrons. The molecule has 0 N–H and O–H groups in total. The van der Waals surface area contributed by atoms with Gasteiger partial charge < -0.3 is 4.74 Å². The van der Waals surface area contributed by atoms with Gasteiger partial charge in [-0.2, -0.15) is 0 Å². The highest BCUT2D eigenvalue weighted by molar-refractivity contribution is 6.30. The van der Waals surface area contributed by atoms with Gasteiger partial charge in [-0.05, 0) is 29.8 Å². The fourth-order valence-corrected chi connectivity index (χ4v) is 2.77. The maximum atomic E-state index is 13.6. The van der Waals surface area contributed by atoms with Crippen LogP contribution in [0.3, 0.4) is 0 Å². The number of fused-ring (bicyclic) bond motifs is 1. The van der Waals surface area contributed by atoms with Crippen LogP contribution in [0.25, 0.3) is 0 Å². The molecular weight excluding hydrogens is 298 g/mol. The zero-order chi connectivity index (χ0) is 15.0. The van der Waals surface area contributed by atoms with Gasteiger partial charge in [-0.1, -0.05) is 17.7 Å². The third-order valence-electron chi connectivity index (χ3n) is 3.42. The van der Waals surface area contributed by atoms with E-state index in [9.17, 15) is 13.6 Å². The second-order valence-corrected chi connectivity index (χ2v) is 5.28. The normalized spacial score (nSPS) is 12.9. The summed E-state index contributed by atoms with van der Waals surface area (Å²) in [5, 5.41) is 0.482. The van der Waals surface area contributed by atoms with Gasteiger partial charge in [-0.3, -0.25) is 4.79 Å². The maximum absolute atomic E-state index is 13.6. The average molecular weight is 309 g/mol. The summed E-state index contributed by atoms with van der Waals surface area (Å²) in [4.78, 5) is 12.2. The van der Waals surface area contributed by atoms with Gasteiger partial charge in [-0.25, -0.2) is 8.78 Å². The van der Waals surface area contributed by atoms with Crippen LogP contribution in [0.15, 0.2) is 30.3 Å². The van der Waals surface area contributed by atoms with E-state index in [-0.39, 0.29) is 6.42 Å². The van der Waals surface area contributed by atoms with Gasteiger partial charge in [0, 0.05) is 23.4 Å². The van der Waals surface area contributed by atoms with Crippen LogP contribution in [0.1, 0.15) is 21.5 Å². The smallest absolute Gasteiger partial charge is 0.173 e. The van der Waals surface area contributed by atoms with Crippen LogP contribution < -0.4 is 4.74 Å². The molecule has 0 aromatic heterocycles. The zero-order valence-electron chi connectivity index (χ0n) is 11.0. The summed E-state index contributed by atoms with van der Waals surface area (Å²) < 4.78 is 32.8. The molecule has 0 atom stereocenters. The van der Waals surface area contributed by atoms with Crippen molar-refractivity contribution in [2.24, 2.45) is 0 Å². The van der Waals surface area contributed by atoms with Crippen molar-refractivity contribution >= 4 is 17.4 Å². The maximum Gasteiger partial charge on any atom is 0.173 e. The summed E-state index contributed by atoms with van der Waals surface area (Å²) in [5.41, 5.74) is 0.950. The highest BCUT2D eigenvalue weighted by Crippen LogP contribution is 2.33. The van der Waals surface area contributed by atoms with Gasteiger partial charge in [0.25, 0.3) is 0 Å². The predicted molar refractivity (Wildman–Crippen MR) is 75.0 cm³/mol. The molecule has 3 rings (SSSR count). The van der Waals surface area contributed by atoms with E-state index >= 15 is 0 Å². The van der Waals surface area contributed by atoms with E-state index in [1.165, 1.54) is 6.07 Å². The Morgan fingerprint density at radius 2 is 1.95 bits per heavy atom. The van der Waals surface area contributed by atoms with Gasteiger partial charge in [0.15, 0.2) is 5.78 Å². The summed E-state index contributed by atoms with van der Waals surface area (Å²) in [5.74, 6) is -1.76. The lowest BCUT2D eigenvalue weighted by molar-refractivity contribution is 0.0984. The second kappa shape index (κ2) is 5.45. The van der Waals surface area contributed by atoms with Crippen LogP contribution in [-0.4, -0.2) is 12.4 Å². The fraction of sp³-hybridized carbons (Fsp3) is 0.188. The minimum atomic E-state index is -0.861. The lowest BCUT2D eigenvalue weighted by Gasteiger charge is -2.09. The summed E-state index contributed by atoms with van der Waals surface area (Å²) in [6.45, 7) is 0.519. The molecule has 5 heteroatoms. The number of benzene rings is 2. The Balaban J connectivity index is 1.96. The second-order valence-electron chi connectivity index (χ2n) is 4.85. The minimum Gasteiger partial charge on any atom is -0.493 e. The molecule has 0 spiro atoms. The highest BCUT2D eigenvalue weighted by atomic mass is 35.5. The van der Waals surface area contributed by atoms with E-state index in [0.29, 0.717) is 29.4 Å². The minimum absolute atomic E-state index is 0.152. The van der Waals surface area contributed by atoms with Gasteiger partial charge in [0.1, 0.15) is 17.4 Å². The van der Waals surface area contributed by atoms with E-state index in [4.69, 9.17) is 16.3 Å². The number of carbonyl (C=O) groups is 1. The summed E-state index contributed by atoms with van der Waals surface area (Å²) in [6.07, 6.45) is 0.561. The Labute approximate surface area is 125 Å². The lowest BCUT2D eigenvalue weighted by atomic mass is 9.99. The largest absolute Gasteiger partial charge is 0.493 e. The molecule has 0 amide bonds. The van der Waals surface area contributed by atoms with Gasteiger partial charge in [0.2, 0.25) is 0 Å². The number of ether oxygens (including phenoxy) is 1. The van der Waals surface area contributed by atoms with Crippen molar-refractivity contribution in [2.75, 3.05) is 6.61 Å². The molecule has 0 unspecified atom stereocenters. The molecule has 0 aliphatic carbocycles.